The molecule has 2 aromatic heterocycles. The van der Waals surface area contributed by atoms with E-state index in [1.165, 1.54) is 0 Å². The molecule has 2 aromatic rings. The Morgan fingerprint density at radius 2 is 2.19 bits per heavy atom. The molecule has 3 N–H and O–H groups in total. The van der Waals surface area contributed by atoms with Gasteiger partial charge in [0.05, 0.1) is 6.04 Å². The number of rotatable bonds is 3. The lowest BCUT2D eigenvalue weighted by Crippen LogP contribution is -2.08. The van der Waals surface area contributed by atoms with E-state index in [-0.39, 0.29) is 12.0 Å². The Balaban J connectivity index is 2.10. The molecule has 0 fully saturated rings. The zero-order valence-corrected chi connectivity index (χ0v) is 9.27. The van der Waals surface area contributed by atoms with E-state index < -0.39 is 0 Å². The summed E-state index contributed by atoms with van der Waals surface area (Å²) in [5.41, 5.74) is 5.49. The van der Waals surface area contributed by atoms with E-state index in [0.29, 0.717) is 5.82 Å². The van der Waals surface area contributed by atoms with Crippen LogP contribution in [-0.4, -0.2) is 9.97 Å². The Morgan fingerprint density at radius 3 is 2.81 bits per heavy atom. The number of nitrogens with zero attached hydrogens (tertiary/aromatic N) is 2. The van der Waals surface area contributed by atoms with Crippen LogP contribution in [0.4, 0.5) is 11.8 Å². The smallest absolute Gasteiger partial charge is 0.221 e. The van der Waals surface area contributed by atoms with E-state index in [4.69, 9.17) is 10.2 Å². The summed E-state index contributed by atoms with van der Waals surface area (Å²) in [7, 11) is 0. The van der Waals surface area contributed by atoms with Gasteiger partial charge >= 0.3 is 0 Å². The molecular weight excluding hydrogens is 204 g/mol. The molecule has 16 heavy (non-hydrogen) atoms. The summed E-state index contributed by atoms with van der Waals surface area (Å²) < 4.78 is 5.51. The molecule has 2 heterocycles. The van der Waals surface area contributed by atoms with Gasteiger partial charge < -0.3 is 15.5 Å². The van der Waals surface area contributed by atoms with Gasteiger partial charge in [-0.3, -0.25) is 0 Å². The molecule has 5 heteroatoms. The number of aromatic nitrogens is 2. The molecule has 0 saturated heterocycles. The fraction of sp³-hybridized carbons (Fsp3) is 0.273. The molecule has 0 aliphatic heterocycles. The third kappa shape index (κ3) is 2.31. The number of furan rings is 1. The van der Waals surface area contributed by atoms with Gasteiger partial charge in [-0.25, -0.2) is 4.98 Å². The normalized spacial score (nSPS) is 12.4. The zero-order chi connectivity index (χ0) is 11.5. The molecule has 0 spiro atoms. The second-order valence-electron chi connectivity index (χ2n) is 3.61. The molecule has 0 aliphatic carbocycles. The summed E-state index contributed by atoms with van der Waals surface area (Å²) in [5.74, 6) is 2.71. The maximum Gasteiger partial charge on any atom is 0.221 e. The van der Waals surface area contributed by atoms with Gasteiger partial charge in [-0.05, 0) is 32.0 Å². The monoisotopic (exact) mass is 218 g/mol. The van der Waals surface area contributed by atoms with Crippen LogP contribution in [0.3, 0.4) is 0 Å². The SMILES string of the molecule is Cc1ccc(C(C)Nc2ccnc(N)n2)o1. The first-order valence-corrected chi connectivity index (χ1v) is 5.06. The lowest BCUT2D eigenvalue weighted by atomic mass is 10.2. The van der Waals surface area contributed by atoms with Crippen LogP contribution in [0.15, 0.2) is 28.8 Å². The van der Waals surface area contributed by atoms with Crippen LogP contribution >= 0.6 is 0 Å². The molecule has 0 aliphatic rings. The Kier molecular flexibility index (Phi) is 2.76. The number of hydrogen-bond donors (Lipinski definition) is 2. The minimum absolute atomic E-state index is 0.0444. The van der Waals surface area contributed by atoms with Crippen molar-refractivity contribution in [3.05, 3.63) is 35.9 Å². The number of anilines is 2. The highest BCUT2D eigenvalue weighted by Crippen LogP contribution is 2.19. The van der Waals surface area contributed by atoms with Crippen LogP contribution in [-0.2, 0) is 0 Å². The first-order chi connectivity index (χ1) is 7.65. The highest BCUT2D eigenvalue weighted by Gasteiger charge is 2.09. The van der Waals surface area contributed by atoms with E-state index in [2.05, 4.69) is 15.3 Å². The fourth-order valence-electron chi connectivity index (χ4n) is 1.43. The lowest BCUT2D eigenvalue weighted by molar-refractivity contribution is 0.466. The molecular formula is C11H14N4O. The third-order valence-electron chi connectivity index (χ3n) is 2.23. The summed E-state index contributed by atoms with van der Waals surface area (Å²) in [6.07, 6.45) is 1.62. The van der Waals surface area contributed by atoms with Crippen LogP contribution in [0.25, 0.3) is 0 Å². The van der Waals surface area contributed by atoms with Crippen molar-refractivity contribution in [2.45, 2.75) is 19.9 Å². The van der Waals surface area contributed by atoms with Crippen LogP contribution in [0.5, 0.6) is 0 Å². The van der Waals surface area contributed by atoms with Gasteiger partial charge in [-0.2, -0.15) is 4.98 Å². The van der Waals surface area contributed by atoms with Gasteiger partial charge in [-0.15, -0.1) is 0 Å². The molecule has 84 valence electrons. The summed E-state index contributed by atoms with van der Waals surface area (Å²) in [4.78, 5) is 7.89. The number of nitrogen functional groups attached to an aromatic ring is 1. The first-order valence-electron chi connectivity index (χ1n) is 5.06. The number of aryl methyl sites for hydroxylation is 1. The molecule has 0 bridgehead atoms. The van der Waals surface area contributed by atoms with Gasteiger partial charge in [0.1, 0.15) is 17.3 Å². The number of nitrogens with one attached hydrogen (secondary N) is 1. The number of nitrogens with two attached hydrogens (primary N) is 1. The van der Waals surface area contributed by atoms with Gasteiger partial charge in [0.2, 0.25) is 5.95 Å². The lowest BCUT2D eigenvalue weighted by Gasteiger charge is -2.11. The van der Waals surface area contributed by atoms with Crippen molar-refractivity contribution in [2.75, 3.05) is 11.1 Å². The van der Waals surface area contributed by atoms with Crippen molar-refractivity contribution in [1.29, 1.82) is 0 Å². The topological polar surface area (TPSA) is 77.0 Å². The van der Waals surface area contributed by atoms with E-state index in [1.54, 1.807) is 12.3 Å². The Hall–Kier alpha value is -2.04. The summed E-state index contributed by atoms with van der Waals surface area (Å²) >= 11 is 0. The summed E-state index contributed by atoms with van der Waals surface area (Å²) in [6, 6.07) is 5.69. The van der Waals surface area contributed by atoms with Crippen LogP contribution in [0, 0.1) is 6.92 Å². The maximum absolute atomic E-state index is 5.51. The van der Waals surface area contributed by atoms with Gasteiger partial charge in [-0.1, -0.05) is 0 Å². The van der Waals surface area contributed by atoms with Crippen molar-refractivity contribution in [1.82, 2.24) is 9.97 Å². The van der Waals surface area contributed by atoms with Gasteiger partial charge in [0.15, 0.2) is 0 Å². The quantitative estimate of drug-likeness (QED) is 0.825. The maximum atomic E-state index is 5.51. The van der Waals surface area contributed by atoms with Crippen molar-refractivity contribution >= 4 is 11.8 Å². The molecule has 0 saturated carbocycles. The molecule has 2 rings (SSSR count). The van der Waals surface area contributed by atoms with Gasteiger partial charge in [0.25, 0.3) is 0 Å². The van der Waals surface area contributed by atoms with Crippen molar-refractivity contribution in [3.8, 4) is 0 Å². The van der Waals surface area contributed by atoms with E-state index in [9.17, 15) is 0 Å². The Bertz CT molecular complexity index is 480. The second-order valence-corrected chi connectivity index (χ2v) is 3.61. The molecule has 0 amide bonds. The molecule has 1 unspecified atom stereocenters. The average molecular weight is 218 g/mol. The highest BCUT2D eigenvalue weighted by atomic mass is 16.3. The molecule has 1 atom stereocenters. The van der Waals surface area contributed by atoms with E-state index in [0.717, 1.165) is 11.5 Å². The van der Waals surface area contributed by atoms with E-state index in [1.807, 2.05) is 26.0 Å². The van der Waals surface area contributed by atoms with E-state index >= 15 is 0 Å². The Morgan fingerprint density at radius 1 is 1.38 bits per heavy atom. The van der Waals surface area contributed by atoms with Crippen molar-refractivity contribution in [2.24, 2.45) is 0 Å². The summed E-state index contributed by atoms with van der Waals surface area (Å²) in [5, 5.41) is 3.19. The largest absolute Gasteiger partial charge is 0.464 e. The van der Waals surface area contributed by atoms with Crippen molar-refractivity contribution in [3.63, 3.8) is 0 Å². The predicted octanol–water partition coefficient (Wildman–Crippen LogP) is 2.13. The Labute approximate surface area is 93.7 Å². The third-order valence-corrected chi connectivity index (χ3v) is 2.23. The predicted molar refractivity (Wildman–Crippen MR) is 61.9 cm³/mol. The van der Waals surface area contributed by atoms with Crippen molar-refractivity contribution < 1.29 is 4.42 Å². The molecule has 0 radical (unpaired) electrons. The second kappa shape index (κ2) is 4.22. The van der Waals surface area contributed by atoms with Crippen LogP contribution in [0.2, 0.25) is 0 Å². The van der Waals surface area contributed by atoms with Crippen LogP contribution < -0.4 is 11.1 Å². The van der Waals surface area contributed by atoms with Gasteiger partial charge in [0, 0.05) is 6.20 Å². The highest BCUT2D eigenvalue weighted by molar-refractivity contribution is 5.39. The summed E-state index contributed by atoms with van der Waals surface area (Å²) in [6.45, 7) is 3.91. The first kappa shape index (κ1) is 10.5. The molecule has 0 aromatic carbocycles. The fourth-order valence-corrected chi connectivity index (χ4v) is 1.43. The number of hydrogen-bond acceptors (Lipinski definition) is 5. The van der Waals surface area contributed by atoms with Crippen LogP contribution in [0.1, 0.15) is 24.5 Å². The average Bonchev–Trinajstić information content (AvgIpc) is 2.65. The standard InChI is InChI=1S/C11H14N4O/c1-7-3-4-9(16-7)8(2)14-10-5-6-13-11(12)15-10/h3-6,8H,1-2H3,(H3,12,13,14,15). The molecule has 5 nitrogen and oxygen atoms in total. The zero-order valence-electron chi connectivity index (χ0n) is 9.27. The minimum atomic E-state index is 0.0444. The minimum Gasteiger partial charge on any atom is -0.464 e.